The molecule has 2 aromatic carbocycles. The molecule has 5 atom stereocenters. The molecule has 1 N–H and O–H groups in total. The molecule has 0 amide bonds. The van der Waals surface area contributed by atoms with Crippen LogP contribution in [-0.2, 0) is 49.3 Å². The number of phenols is 1. The number of fused-ring (bicyclic) bond motifs is 1. The molecule has 0 radical (unpaired) electrons. The van der Waals surface area contributed by atoms with Crippen LogP contribution in [-0.4, -0.2) is 85.3 Å². The molecule has 2 aromatic rings. The number of Topliss-reactive ketones (excluding diaryl/α,β-unsaturated/α-hetero) is 1. The highest BCUT2D eigenvalue weighted by molar-refractivity contribution is 6.00. The Kier molecular flexibility index (Phi) is 10.3. The van der Waals surface area contributed by atoms with Crippen molar-refractivity contribution in [2.45, 2.75) is 64.8 Å². The number of carbonyl (C=O) groups is 5. The second-order valence-electron chi connectivity index (χ2n) is 9.94. The summed E-state index contributed by atoms with van der Waals surface area (Å²) in [5.74, 6) is -2.74. The van der Waals surface area contributed by atoms with E-state index in [1.165, 1.54) is 12.1 Å². The summed E-state index contributed by atoms with van der Waals surface area (Å²) in [5, 5.41) is 10.7. The summed E-state index contributed by atoms with van der Waals surface area (Å²) in [5.41, 5.74) is 0.658. The summed E-state index contributed by atoms with van der Waals surface area (Å²) in [4.78, 5) is 60.5. The zero-order valence-corrected chi connectivity index (χ0v) is 24.4. The summed E-state index contributed by atoms with van der Waals surface area (Å²) in [6.45, 7) is 4.86. The molecule has 2 aliphatic heterocycles. The lowest BCUT2D eigenvalue weighted by Crippen LogP contribution is -2.63. The van der Waals surface area contributed by atoms with E-state index in [1.54, 1.807) is 18.2 Å². The van der Waals surface area contributed by atoms with Gasteiger partial charge >= 0.3 is 23.9 Å². The van der Waals surface area contributed by atoms with E-state index in [2.05, 4.69) is 0 Å². The van der Waals surface area contributed by atoms with Crippen molar-refractivity contribution in [1.82, 2.24) is 0 Å². The molecular weight excluding hydrogens is 584 g/mol. The van der Waals surface area contributed by atoms with Crippen LogP contribution in [0.3, 0.4) is 0 Å². The molecule has 4 rings (SSSR count). The quantitative estimate of drug-likeness (QED) is 0.233. The minimum atomic E-state index is -1.51. The van der Waals surface area contributed by atoms with Crippen LogP contribution in [0, 0.1) is 0 Å². The topological polar surface area (TPSA) is 179 Å². The van der Waals surface area contributed by atoms with Crippen LogP contribution in [0.2, 0.25) is 0 Å². The lowest BCUT2D eigenvalue weighted by atomic mass is 9.98. The Hall–Kier alpha value is -4.85. The third-order valence-electron chi connectivity index (χ3n) is 6.44. The molecule has 2 heterocycles. The van der Waals surface area contributed by atoms with E-state index >= 15 is 0 Å². The van der Waals surface area contributed by atoms with Crippen molar-refractivity contribution < 1.29 is 67.0 Å². The Balaban J connectivity index is 1.57. The number of rotatable bonds is 10. The molecule has 0 unspecified atom stereocenters. The molecule has 0 aromatic heterocycles. The van der Waals surface area contributed by atoms with E-state index in [4.69, 9.17) is 37.9 Å². The van der Waals surface area contributed by atoms with Crippen LogP contribution >= 0.6 is 0 Å². The van der Waals surface area contributed by atoms with Crippen molar-refractivity contribution in [3.8, 4) is 23.0 Å². The number of hydrogen-bond acceptors (Lipinski definition) is 14. The summed E-state index contributed by atoms with van der Waals surface area (Å²) in [6, 6.07) is 9.02. The molecule has 14 heteroatoms. The highest BCUT2D eigenvalue weighted by Crippen LogP contribution is 2.34. The number of benzene rings is 2. The van der Waals surface area contributed by atoms with E-state index < -0.39 is 72.7 Å². The maximum Gasteiger partial charge on any atom is 0.303 e. The minimum Gasteiger partial charge on any atom is -0.507 e. The van der Waals surface area contributed by atoms with E-state index in [0.29, 0.717) is 30.3 Å². The third kappa shape index (κ3) is 8.16. The largest absolute Gasteiger partial charge is 0.507 e. The van der Waals surface area contributed by atoms with Gasteiger partial charge < -0.3 is 43.0 Å². The van der Waals surface area contributed by atoms with E-state index in [9.17, 15) is 29.1 Å². The van der Waals surface area contributed by atoms with Gasteiger partial charge in [0.25, 0.3) is 0 Å². The van der Waals surface area contributed by atoms with Gasteiger partial charge in [0, 0.05) is 40.2 Å². The van der Waals surface area contributed by atoms with Gasteiger partial charge in [-0.3, -0.25) is 24.0 Å². The van der Waals surface area contributed by atoms with Crippen molar-refractivity contribution in [2.75, 3.05) is 19.8 Å². The number of aromatic hydroxyl groups is 1. The maximum absolute atomic E-state index is 13.0. The van der Waals surface area contributed by atoms with Crippen molar-refractivity contribution in [3.63, 3.8) is 0 Å². The molecule has 1 fully saturated rings. The fraction of sp³-hybridized carbons (Fsp3) is 0.433. The maximum atomic E-state index is 13.0. The Bertz CT molecular complexity index is 1420. The average molecular weight is 617 g/mol. The Morgan fingerprint density at radius 2 is 1.41 bits per heavy atom. The van der Waals surface area contributed by atoms with E-state index in [1.807, 2.05) is 0 Å². The second-order valence-corrected chi connectivity index (χ2v) is 9.94. The Labute approximate surface area is 252 Å². The molecule has 236 valence electrons. The second kappa shape index (κ2) is 14.1. The van der Waals surface area contributed by atoms with E-state index in [-0.39, 0.29) is 17.7 Å². The molecule has 44 heavy (non-hydrogen) atoms. The first-order valence-corrected chi connectivity index (χ1v) is 13.6. The van der Waals surface area contributed by atoms with Crippen LogP contribution < -0.4 is 14.2 Å². The monoisotopic (exact) mass is 616 g/mol. The van der Waals surface area contributed by atoms with Crippen LogP contribution in [0.1, 0.15) is 43.6 Å². The van der Waals surface area contributed by atoms with Gasteiger partial charge in [-0.1, -0.05) is 6.07 Å². The number of esters is 4. The lowest BCUT2D eigenvalue weighted by molar-refractivity contribution is -0.288. The van der Waals surface area contributed by atoms with Crippen LogP contribution in [0.4, 0.5) is 0 Å². The average Bonchev–Trinajstić information content (AvgIpc) is 2.94. The molecular formula is C30H32O14. The van der Waals surface area contributed by atoms with Gasteiger partial charge in [0.2, 0.25) is 12.4 Å². The van der Waals surface area contributed by atoms with Crippen molar-refractivity contribution in [1.29, 1.82) is 0 Å². The van der Waals surface area contributed by atoms with Crippen molar-refractivity contribution in [2.24, 2.45) is 0 Å². The van der Waals surface area contributed by atoms with Gasteiger partial charge in [-0.2, -0.15) is 0 Å². The summed E-state index contributed by atoms with van der Waals surface area (Å²) >= 11 is 0. The SMILES string of the molecule is CC(=O)OC[C@@H]1O[C@H](Oc2ccc(C(=O)Cc3ccc4c(c3)OCCO4)c(O)c2)[C@H](OC(C)=O)[C@@H](OC(C)=O)[C@@H]1OC(C)=O. The van der Waals surface area contributed by atoms with Gasteiger partial charge in [-0.25, -0.2) is 0 Å². The first kappa shape index (κ1) is 32.1. The van der Waals surface area contributed by atoms with Gasteiger partial charge in [0.15, 0.2) is 29.5 Å². The lowest BCUT2D eigenvalue weighted by Gasteiger charge is -2.43. The van der Waals surface area contributed by atoms with Crippen molar-refractivity contribution >= 4 is 29.7 Å². The first-order chi connectivity index (χ1) is 20.9. The van der Waals surface area contributed by atoms with Crippen LogP contribution in [0.5, 0.6) is 23.0 Å². The van der Waals surface area contributed by atoms with E-state index in [0.717, 1.165) is 33.8 Å². The minimum absolute atomic E-state index is 0.00813. The summed E-state index contributed by atoms with van der Waals surface area (Å²) in [6.07, 6.45) is -7.01. The predicted octanol–water partition coefficient (Wildman–Crippen LogP) is 2.05. The zero-order chi connectivity index (χ0) is 32.0. The first-order valence-electron chi connectivity index (χ1n) is 13.6. The number of hydrogen-bond donors (Lipinski definition) is 1. The fourth-order valence-corrected chi connectivity index (χ4v) is 4.72. The van der Waals surface area contributed by atoms with Gasteiger partial charge in [-0.15, -0.1) is 0 Å². The molecule has 0 aliphatic carbocycles. The molecule has 0 saturated carbocycles. The molecule has 2 aliphatic rings. The standard InChI is InChI=1S/C30H32O14/c1-15(31)39-14-26-27(40-16(2)32)28(41-17(3)33)29(42-18(4)34)30(44-26)43-20-6-7-21(23(36)13-20)22(35)11-19-5-8-24-25(12-19)38-10-9-37-24/h5-8,12-13,26-30,36H,9-11,14H2,1-4H3/t26-,27+,28-,29+,30-/m0/s1. The number of phenolic OH excluding ortho intramolecular Hbond substituents is 1. The van der Waals surface area contributed by atoms with Crippen molar-refractivity contribution in [3.05, 3.63) is 47.5 Å². The zero-order valence-electron chi connectivity index (χ0n) is 24.4. The highest BCUT2D eigenvalue weighted by atomic mass is 16.7. The highest BCUT2D eigenvalue weighted by Gasteiger charge is 2.53. The number of ether oxygens (including phenoxy) is 8. The Morgan fingerprint density at radius 1 is 0.773 bits per heavy atom. The summed E-state index contributed by atoms with van der Waals surface area (Å²) in [7, 11) is 0. The molecule has 14 nitrogen and oxygen atoms in total. The van der Waals surface area contributed by atoms with Crippen LogP contribution in [0.15, 0.2) is 36.4 Å². The van der Waals surface area contributed by atoms with Gasteiger partial charge in [0.1, 0.15) is 37.4 Å². The predicted molar refractivity (Wildman–Crippen MR) is 146 cm³/mol. The number of carbonyl (C=O) groups excluding carboxylic acids is 5. The molecule has 0 spiro atoms. The number of ketones is 1. The normalized spacial score (nSPS) is 22.2. The fourth-order valence-electron chi connectivity index (χ4n) is 4.72. The molecule has 1 saturated heterocycles. The third-order valence-corrected chi connectivity index (χ3v) is 6.44. The van der Waals surface area contributed by atoms with Crippen LogP contribution in [0.25, 0.3) is 0 Å². The van der Waals surface area contributed by atoms with Gasteiger partial charge in [-0.05, 0) is 29.8 Å². The Morgan fingerprint density at radius 3 is 2.05 bits per heavy atom. The summed E-state index contributed by atoms with van der Waals surface area (Å²) < 4.78 is 44.0. The molecule has 0 bridgehead atoms. The smallest absolute Gasteiger partial charge is 0.303 e. The van der Waals surface area contributed by atoms with Gasteiger partial charge in [0.05, 0.1) is 5.56 Å².